The van der Waals surface area contributed by atoms with Crippen molar-refractivity contribution in [3.63, 3.8) is 0 Å². The number of hydrogen-bond donors (Lipinski definition) is 5. The molecule has 0 bridgehead atoms. The molecule has 2 rings (SSSR count). The smallest absolute Gasteiger partial charge is 0.243 e. The van der Waals surface area contributed by atoms with Crippen LogP contribution >= 0.6 is 0 Å². The fraction of sp³-hybridized carbons (Fsp3) is 0.118. The molecule has 8 nitrogen and oxygen atoms in total. The number of primary amides is 1. The fourth-order valence-electron chi connectivity index (χ4n) is 2.28. The number of benzene rings is 2. The van der Waals surface area contributed by atoms with Crippen molar-refractivity contribution in [1.82, 2.24) is 0 Å². The van der Waals surface area contributed by atoms with Gasteiger partial charge in [0.2, 0.25) is 11.8 Å². The highest BCUT2D eigenvalue weighted by Gasteiger charge is 2.17. The van der Waals surface area contributed by atoms with Gasteiger partial charge in [0, 0.05) is 11.3 Å². The summed E-state index contributed by atoms with van der Waals surface area (Å²) in [6, 6.07) is 12.9. The Morgan fingerprint density at radius 1 is 1.08 bits per heavy atom. The Hall–Kier alpha value is -3.55. The summed E-state index contributed by atoms with van der Waals surface area (Å²) in [6.07, 6.45) is 0. The number of nitrogens with one attached hydrogen (secondary N) is 2. The van der Waals surface area contributed by atoms with Crippen LogP contribution in [-0.4, -0.2) is 35.8 Å². The second kappa shape index (κ2) is 7.82. The minimum absolute atomic E-state index is 0.0601. The van der Waals surface area contributed by atoms with Crippen molar-refractivity contribution in [2.45, 2.75) is 0 Å². The summed E-state index contributed by atoms with van der Waals surface area (Å²) in [6.45, 7) is -0.413. The van der Waals surface area contributed by atoms with Crippen LogP contribution in [0.4, 0.5) is 11.4 Å². The third-order valence-electron chi connectivity index (χ3n) is 3.36. The first-order valence-corrected chi connectivity index (χ1v) is 7.42. The van der Waals surface area contributed by atoms with E-state index in [0.29, 0.717) is 16.9 Å². The van der Waals surface area contributed by atoms with E-state index < -0.39 is 11.8 Å². The van der Waals surface area contributed by atoms with Gasteiger partial charge in [0.15, 0.2) is 0 Å². The molecule has 0 saturated heterocycles. The Bertz CT molecular complexity index is 806. The van der Waals surface area contributed by atoms with Crippen LogP contribution in [0, 0.1) is 5.41 Å². The average molecular weight is 341 g/mol. The van der Waals surface area contributed by atoms with Gasteiger partial charge in [-0.2, -0.15) is 0 Å². The SMILES string of the molecule is N=C(N)c1cccc(NC(=O)CN(CC(N)=O)c2ccccc2O)c1. The van der Waals surface area contributed by atoms with Crippen molar-refractivity contribution in [3.05, 3.63) is 54.1 Å². The molecule has 0 aliphatic rings. The van der Waals surface area contributed by atoms with Crippen molar-refractivity contribution in [2.24, 2.45) is 11.5 Å². The van der Waals surface area contributed by atoms with Crippen LogP contribution in [0.3, 0.4) is 0 Å². The molecule has 0 fully saturated rings. The van der Waals surface area contributed by atoms with Gasteiger partial charge < -0.3 is 26.8 Å². The molecule has 8 heteroatoms. The Morgan fingerprint density at radius 2 is 1.80 bits per heavy atom. The molecule has 25 heavy (non-hydrogen) atoms. The van der Waals surface area contributed by atoms with E-state index in [9.17, 15) is 14.7 Å². The zero-order valence-corrected chi connectivity index (χ0v) is 13.4. The lowest BCUT2D eigenvalue weighted by Crippen LogP contribution is -2.39. The van der Waals surface area contributed by atoms with Crippen molar-refractivity contribution in [2.75, 3.05) is 23.3 Å². The summed E-state index contributed by atoms with van der Waals surface area (Å²) in [5, 5.41) is 20.0. The number of carbonyl (C=O) groups excluding carboxylic acids is 2. The van der Waals surface area contributed by atoms with Crippen molar-refractivity contribution in [1.29, 1.82) is 5.41 Å². The summed E-state index contributed by atoms with van der Waals surface area (Å²) in [5.41, 5.74) is 11.9. The van der Waals surface area contributed by atoms with Crippen LogP contribution in [0.2, 0.25) is 0 Å². The van der Waals surface area contributed by atoms with Gasteiger partial charge in [-0.1, -0.05) is 24.3 Å². The van der Waals surface area contributed by atoms with E-state index in [0.717, 1.165) is 0 Å². The number of nitrogens with zero attached hydrogens (tertiary/aromatic N) is 1. The lowest BCUT2D eigenvalue weighted by molar-refractivity contribution is -0.116. The first-order valence-electron chi connectivity index (χ1n) is 7.42. The molecule has 0 atom stereocenters. The monoisotopic (exact) mass is 341 g/mol. The van der Waals surface area contributed by atoms with Crippen molar-refractivity contribution < 1.29 is 14.7 Å². The highest BCUT2D eigenvalue weighted by molar-refractivity contribution is 5.99. The van der Waals surface area contributed by atoms with Gasteiger partial charge in [-0.05, 0) is 24.3 Å². The van der Waals surface area contributed by atoms with Crippen LogP contribution < -0.4 is 21.7 Å². The Kier molecular flexibility index (Phi) is 5.57. The third-order valence-corrected chi connectivity index (χ3v) is 3.36. The van der Waals surface area contributed by atoms with Gasteiger partial charge in [-0.15, -0.1) is 0 Å². The van der Waals surface area contributed by atoms with Gasteiger partial charge in [0.1, 0.15) is 11.6 Å². The number of phenolic OH excluding ortho intramolecular Hbond substituents is 1. The van der Waals surface area contributed by atoms with Gasteiger partial charge in [0.25, 0.3) is 0 Å². The quantitative estimate of drug-likeness (QED) is 0.370. The maximum Gasteiger partial charge on any atom is 0.243 e. The zero-order chi connectivity index (χ0) is 18.4. The Balaban J connectivity index is 2.14. The number of nitrogens with two attached hydrogens (primary N) is 2. The van der Waals surface area contributed by atoms with Crippen LogP contribution in [0.5, 0.6) is 5.75 Å². The molecule has 0 unspecified atom stereocenters. The molecule has 2 aromatic rings. The number of carbonyl (C=O) groups is 2. The minimum Gasteiger partial charge on any atom is -0.506 e. The van der Waals surface area contributed by atoms with E-state index >= 15 is 0 Å². The highest BCUT2D eigenvalue weighted by Crippen LogP contribution is 2.26. The number of amidine groups is 1. The second-order valence-corrected chi connectivity index (χ2v) is 5.35. The molecule has 0 saturated carbocycles. The predicted octanol–water partition coefficient (Wildman–Crippen LogP) is 0.607. The molecule has 0 aliphatic carbocycles. The van der Waals surface area contributed by atoms with E-state index in [1.165, 1.54) is 11.0 Å². The number of hydrogen-bond acceptors (Lipinski definition) is 5. The largest absolute Gasteiger partial charge is 0.506 e. The second-order valence-electron chi connectivity index (χ2n) is 5.35. The van der Waals surface area contributed by atoms with Gasteiger partial charge >= 0.3 is 0 Å². The number of rotatable bonds is 7. The molecule has 7 N–H and O–H groups in total. The van der Waals surface area contributed by atoms with Crippen LogP contribution in [0.1, 0.15) is 5.56 Å². The lowest BCUT2D eigenvalue weighted by Gasteiger charge is -2.23. The first-order chi connectivity index (χ1) is 11.9. The minimum atomic E-state index is -0.630. The Morgan fingerprint density at radius 3 is 2.44 bits per heavy atom. The van der Waals surface area contributed by atoms with Gasteiger partial charge in [-0.25, -0.2) is 0 Å². The van der Waals surface area contributed by atoms with E-state index in [1.807, 2.05) is 0 Å². The van der Waals surface area contributed by atoms with E-state index in [4.69, 9.17) is 16.9 Å². The average Bonchev–Trinajstić information content (AvgIpc) is 2.54. The lowest BCUT2D eigenvalue weighted by atomic mass is 10.2. The zero-order valence-electron chi connectivity index (χ0n) is 13.4. The first kappa shape index (κ1) is 17.8. The van der Waals surface area contributed by atoms with E-state index in [-0.39, 0.29) is 24.7 Å². The number of nitrogen functional groups attached to an aromatic ring is 1. The van der Waals surface area contributed by atoms with Crippen molar-refractivity contribution in [3.8, 4) is 5.75 Å². The van der Waals surface area contributed by atoms with Gasteiger partial charge in [-0.3, -0.25) is 15.0 Å². The molecule has 0 heterocycles. The molecule has 2 aromatic carbocycles. The molecular weight excluding hydrogens is 322 g/mol. The number of anilines is 2. The van der Waals surface area contributed by atoms with E-state index in [1.54, 1.807) is 42.5 Å². The fourth-order valence-corrected chi connectivity index (χ4v) is 2.28. The van der Waals surface area contributed by atoms with Crippen LogP contribution in [0.25, 0.3) is 0 Å². The summed E-state index contributed by atoms with van der Waals surface area (Å²) < 4.78 is 0. The summed E-state index contributed by atoms with van der Waals surface area (Å²) >= 11 is 0. The van der Waals surface area contributed by atoms with Gasteiger partial charge in [0.05, 0.1) is 18.8 Å². The molecule has 0 radical (unpaired) electrons. The third kappa shape index (κ3) is 4.96. The summed E-state index contributed by atoms with van der Waals surface area (Å²) in [5.74, 6) is -1.21. The maximum atomic E-state index is 12.3. The number of aromatic hydroxyl groups is 1. The summed E-state index contributed by atoms with van der Waals surface area (Å²) in [4.78, 5) is 25.0. The number of phenols is 1. The maximum absolute atomic E-state index is 12.3. The molecular formula is C17H19N5O3. The van der Waals surface area contributed by atoms with Crippen LogP contribution in [0.15, 0.2) is 48.5 Å². The molecule has 130 valence electrons. The topological polar surface area (TPSA) is 146 Å². The predicted molar refractivity (Wildman–Crippen MR) is 95.6 cm³/mol. The molecule has 0 aliphatic heterocycles. The van der Waals surface area contributed by atoms with Crippen molar-refractivity contribution >= 4 is 29.0 Å². The van der Waals surface area contributed by atoms with Crippen LogP contribution in [-0.2, 0) is 9.59 Å². The standard InChI is InChI=1S/C17H19N5O3/c18-15(24)9-22(13-6-1-2-7-14(13)23)10-16(25)21-12-5-3-4-11(8-12)17(19)20/h1-8,23H,9-10H2,(H2,18,24)(H3,19,20)(H,21,25). The normalized spacial score (nSPS) is 10.1. The Labute approximate surface area is 144 Å². The number of amides is 2. The molecule has 2 amide bonds. The molecule has 0 aromatic heterocycles. The van der Waals surface area contributed by atoms with E-state index in [2.05, 4.69) is 5.32 Å². The molecule has 0 spiro atoms. The number of para-hydroxylation sites is 2. The summed E-state index contributed by atoms with van der Waals surface area (Å²) in [7, 11) is 0. The highest BCUT2D eigenvalue weighted by atomic mass is 16.3.